The van der Waals surface area contributed by atoms with E-state index in [1.807, 2.05) is 0 Å². The summed E-state index contributed by atoms with van der Waals surface area (Å²) in [4.78, 5) is 1.77. The lowest BCUT2D eigenvalue weighted by atomic mass is 9.51. The van der Waals surface area contributed by atoms with Crippen LogP contribution < -0.4 is 0 Å². The second-order valence-electron chi connectivity index (χ2n) is 6.05. The van der Waals surface area contributed by atoms with Gasteiger partial charge >= 0.3 is 0 Å². The lowest BCUT2D eigenvalue weighted by Crippen LogP contribution is -2.69. The van der Waals surface area contributed by atoms with Crippen LogP contribution in [0.2, 0.25) is 0 Å². The number of fused-ring (bicyclic) bond motifs is 2. The summed E-state index contributed by atoms with van der Waals surface area (Å²) >= 11 is 0. The van der Waals surface area contributed by atoms with Gasteiger partial charge in [0.05, 0.1) is 5.92 Å². The molecule has 0 radical (unpaired) electrons. The van der Waals surface area contributed by atoms with Crippen molar-refractivity contribution in [3.63, 3.8) is 0 Å². The lowest BCUT2D eigenvalue weighted by Gasteiger charge is -2.56. The number of nitrogens with zero attached hydrogens (tertiary/aromatic N) is 4. The smallest absolute Gasteiger partial charge is 0.199 e. The summed E-state index contributed by atoms with van der Waals surface area (Å²) < 4.78 is 0. The first kappa shape index (κ1) is 9.79. The highest BCUT2D eigenvalue weighted by Crippen LogP contribution is 2.58. The van der Waals surface area contributed by atoms with E-state index in [9.17, 15) is 10.4 Å². The van der Waals surface area contributed by atoms with E-state index in [1.54, 1.807) is 0 Å². The average molecular weight is 236 g/mol. The van der Waals surface area contributed by atoms with E-state index in [0.29, 0.717) is 0 Å². The molecular weight excluding hydrogens is 220 g/mol. The Bertz CT molecular complexity index is 411. The summed E-state index contributed by atoms with van der Waals surface area (Å²) in [7, 11) is 0. The van der Waals surface area contributed by atoms with Crippen LogP contribution in [-0.4, -0.2) is 33.9 Å². The molecule has 6 atom stereocenters. The standard InChI is InChI=1S/C11H16N4O2/c1-11-8-4-2-6(14(16)12-8)10(11)7-3-5-9(11)13-15(7)17/h6-10H,2-5H2,1H3/t6-,7+,8+,9-,10?,11?. The van der Waals surface area contributed by atoms with Crippen LogP contribution in [0.1, 0.15) is 32.6 Å². The monoisotopic (exact) mass is 236 g/mol. The van der Waals surface area contributed by atoms with Gasteiger partial charge in [0.2, 0.25) is 0 Å². The molecule has 6 heteroatoms. The third-order valence-electron chi connectivity index (χ3n) is 5.53. The van der Waals surface area contributed by atoms with Crippen molar-refractivity contribution in [2.24, 2.45) is 21.6 Å². The molecular formula is C11H16N4O2. The number of rotatable bonds is 0. The second-order valence-corrected chi connectivity index (χ2v) is 6.05. The molecule has 4 aliphatic heterocycles. The van der Waals surface area contributed by atoms with E-state index < -0.39 is 0 Å². The largest absolute Gasteiger partial charge is 0.600 e. The van der Waals surface area contributed by atoms with Crippen LogP contribution >= 0.6 is 0 Å². The molecule has 2 unspecified atom stereocenters. The zero-order valence-electron chi connectivity index (χ0n) is 9.82. The Kier molecular flexibility index (Phi) is 1.61. The van der Waals surface area contributed by atoms with Gasteiger partial charge in [-0.1, -0.05) is 16.6 Å². The Morgan fingerprint density at radius 3 is 1.82 bits per heavy atom. The Hall–Kier alpha value is -1.20. The minimum absolute atomic E-state index is 0.0480. The molecule has 2 saturated carbocycles. The zero-order valence-corrected chi connectivity index (χ0v) is 9.82. The van der Waals surface area contributed by atoms with Crippen LogP contribution in [0.25, 0.3) is 0 Å². The van der Waals surface area contributed by atoms with Gasteiger partial charge in [-0.15, -0.1) is 0 Å². The Morgan fingerprint density at radius 1 is 0.941 bits per heavy atom. The Balaban J connectivity index is 1.90. The molecule has 6 nitrogen and oxygen atoms in total. The lowest BCUT2D eigenvalue weighted by molar-refractivity contribution is -0.663. The fourth-order valence-corrected chi connectivity index (χ4v) is 4.70. The summed E-state index contributed by atoms with van der Waals surface area (Å²) in [5.41, 5.74) is -0.0480. The quantitative estimate of drug-likeness (QED) is 0.473. The van der Waals surface area contributed by atoms with Crippen LogP contribution in [0, 0.1) is 21.7 Å². The average Bonchev–Trinajstić information content (AvgIpc) is 2.31. The molecule has 0 saturated heterocycles. The zero-order chi connectivity index (χ0) is 11.8. The molecule has 0 N–H and O–H groups in total. The van der Waals surface area contributed by atoms with Crippen molar-refractivity contribution in [3.8, 4) is 0 Å². The molecule has 92 valence electrons. The van der Waals surface area contributed by atoms with Gasteiger partial charge < -0.3 is 10.4 Å². The normalized spacial score (nSPS) is 55.2. The molecule has 0 aromatic heterocycles. The fourth-order valence-electron chi connectivity index (χ4n) is 4.70. The topological polar surface area (TPSA) is 76.9 Å². The molecule has 4 bridgehead atoms. The van der Waals surface area contributed by atoms with Crippen molar-refractivity contribution < 1.29 is 9.72 Å². The van der Waals surface area contributed by atoms with Gasteiger partial charge in [0.25, 0.3) is 0 Å². The van der Waals surface area contributed by atoms with Gasteiger partial charge in [0, 0.05) is 18.3 Å². The summed E-state index contributed by atoms with van der Waals surface area (Å²) in [5.74, 6) is 0.157. The van der Waals surface area contributed by atoms with Gasteiger partial charge in [-0.25, -0.2) is 0 Å². The number of hydrogen-bond acceptors (Lipinski definition) is 4. The highest BCUT2D eigenvalue weighted by molar-refractivity contribution is 5.12. The molecule has 0 amide bonds. The van der Waals surface area contributed by atoms with Gasteiger partial charge in [0.15, 0.2) is 12.1 Å². The number of hydrogen-bond donors (Lipinski definition) is 0. The van der Waals surface area contributed by atoms with Gasteiger partial charge in [-0.3, -0.25) is 0 Å². The second kappa shape index (κ2) is 2.79. The van der Waals surface area contributed by atoms with E-state index in [2.05, 4.69) is 17.2 Å². The minimum Gasteiger partial charge on any atom is -0.600 e. The summed E-state index contributed by atoms with van der Waals surface area (Å²) in [6.45, 7) is 2.19. The maximum Gasteiger partial charge on any atom is 0.199 e. The van der Waals surface area contributed by atoms with Crippen molar-refractivity contribution in [3.05, 3.63) is 10.4 Å². The van der Waals surface area contributed by atoms with Crippen LogP contribution in [-0.2, 0) is 0 Å². The van der Waals surface area contributed by atoms with E-state index in [0.717, 1.165) is 35.4 Å². The van der Waals surface area contributed by atoms with E-state index in [-0.39, 0.29) is 35.5 Å². The van der Waals surface area contributed by atoms with E-state index in [4.69, 9.17) is 0 Å². The SMILES string of the molecule is CC12C([C@H]3CC[C@@H]1N=[N+]3[O-])[C@@H]1CC[C@H]2N=[N+]1[O-]. The van der Waals surface area contributed by atoms with Crippen LogP contribution in [0.4, 0.5) is 0 Å². The molecule has 6 rings (SSSR count). The van der Waals surface area contributed by atoms with Gasteiger partial charge in [-0.05, 0) is 23.1 Å². The highest BCUT2D eigenvalue weighted by Gasteiger charge is 2.70. The molecule has 0 aromatic carbocycles. The molecule has 6 aliphatic rings. The predicted octanol–water partition coefficient (Wildman–Crippen LogP) is 1.62. The van der Waals surface area contributed by atoms with Crippen LogP contribution in [0.5, 0.6) is 0 Å². The summed E-state index contributed by atoms with van der Waals surface area (Å²) in [6, 6.07) is -0.0463. The first-order valence-electron chi connectivity index (χ1n) is 6.46. The Labute approximate surface area is 99.2 Å². The molecule has 0 spiro atoms. The highest BCUT2D eigenvalue weighted by atomic mass is 16.5. The Morgan fingerprint density at radius 2 is 1.41 bits per heavy atom. The van der Waals surface area contributed by atoms with Crippen molar-refractivity contribution in [1.29, 1.82) is 0 Å². The molecule has 0 aromatic rings. The van der Waals surface area contributed by atoms with Crippen molar-refractivity contribution in [2.45, 2.75) is 56.8 Å². The van der Waals surface area contributed by atoms with Crippen molar-refractivity contribution >= 4 is 0 Å². The van der Waals surface area contributed by atoms with Crippen LogP contribution in [0.15, 0.2) is 10.2 Å². The first-order valence-corrected chi connectivity index (χ1v) is 6.46. The summed E-state index contributed by atoms with van der Waals surface area (Å²) in [5, 5.41) is 32.2. The first-order chi connectivity index (χ1) is 8.12. The van der Waals surface area contributed by atoms with E-state index >= 15 is 0 Å². The van der Waals surface area contributed by atoms with Crippen molar-refractivity contribution in [1.82, 2.24) is 0 Å². The predicted molar refractivity (Wildman–Crippen MR) is 57.3 cm³/mol. The number of hydroxylamine groups is 2. The molecule has 2 fully saturated rings. The number of azo groups is 2. The van der Waals surface area contributed by atoms with Crippen LogP contribution in [0.3, 0.4) is 0 Å². The molecule has 2 aliphatic carbocycles. The third-order valence-corrected chi connectivity index (χ3v) is 5.53. The maximum absolute atomic E-state index is 11.8. The van der Waals surface area contributed by atoms with Gasteiger partial charge in [0.1, 0.15) is 12.1 Å². The minimum atomic E-state index is -0.0928. The summed E-state index contributed by atoms with van der Waals surface area (Å²) in [6.07, 6.45) is 3.73. The van der Waals surface area contributed by atoms with Crippen molar-refractivity contribution in [2.75, 3.05) is 0 Å². The van der Waals surface area contributed by atoms with E-state index in [1.165, 1.54) is 0 Å². The third kappa shape index (κ3) is 0.940. The maximum atomic E-state index is 11.8. The molecule has 4 heterocycles. The molecule has 17 heavy (non-hydrogen) atoms. The van der Waals surface area contributed by atoms with Gasteiger partial charge in [-0.2, -0.15) is 0 Å². The fraction of sp³-hybridized carbons (Fsp3) is 1.00.